The first kappa shape index (κ1) is 15.4. The number of ether oxygens (including phenoxy) is 3. The molecule has 0 amide bonds. The topological polar surface area (TPSA) is 27.7 Å². The lowest BCUT2D eigenvalue weighted by Gasteiger charge is -2.17. The number of rotatable bonds is 7. The fraction of sp³-hybridized carbons (Fsp3) is 0.500. The maximum atomic E-state index is 5.49. The molecule has 1 unspecified atom stereocenters. The van der Waals surface area contributed by atoms with Gasteiger partial charge in [0.05, 0.1) is 21.3 Å². The predicted octanol–water partition coefficient (Wildman–Crippen LogP) is 3.86. The lowest BCUT2D eigenvalue weighted by molar-refractivity contribution is 0.321. The molecule has 0 aliphatic heterocycles. The predicted molar refractivity (Wildman–Crippen MR) is 78.4 cm³/mol. The van der Waals surface area contributed by atoms with Crippen molar-refractivity contribution < 1.29 is 14.2 Å². The molecule has 0 bridgehead atoms. The SMILES string of the molecule is CC/C=C\C(C)Cc1ccc(OC)c(OC)c1OC. The Kier molecular flexibility index (Phi) is 6.26. The van der Waals surface area contributed by atoms with Gasteiger partial charge in [-0.25, -0.2) is 0 Å². The second-order valence-corrected chi connectivity index (χ2v) is 4.51. The van der Waals surface area contributed by atoms with Crippen LogP contribution in [0.2, 0.25) is 0 Å². The van der Waals surface area contributed by atoms with Crippen molar-refractivity contribution in [1.82, 2.24) is 0 Å². The molecule has 106 valence electrons. The van der Waals surface area contributed by atoms with Gasteiger partial charge in [0.2, 0.25) is 5.75 Å². The van der Waals surface area contributed by atoms with Crippen LogP contribution >= 0.6 is 0 Å². The highest BCUT2D eigenvalue weighted by Crippen LogP contribution is 2.40. The molecule has 0 radical (unpaired) electrons. The number of hydrogen-bond acceptors (Lipinski definition) is 3. The van der Waals surface area contributed by atoms with Crippen molar-refractivity contribution in [1.29, 1.82) is 0 Å². The summed E-state index contributed by atoms with van der Waals surface area (Å²) in [5.41, 5.74) is 1.13. The molecule has 1 atom stereocenters. The van der Waals surface area contributed by atoms with Crippen LogP contribution in [0.15, 0.2) is 24.3 Å². The Hall–Kier alpha value is -1.64. The van der Waals surface area contributed by atoms with Crippen molar-refractivity contribution in [2.75, 3.05) is 21.3 Å². The molecule has 0 aliphatic rings. The van der Waals surface area contributed by atoms with E-state index >= 15 is 0 Å². The maximum Gasteiger partial charge on any atom is 0.203 e. The summed E-state index contributed by atoms with van der Waals surface area (Å²) < 4.78 is 16.2. The maximum absolute atomic E-state index is 5.49. The minimum Gasteiger partial charge on any atom is -0.493 e. The molecule has 19 heavy (non-hydrogen) atoms. The highest BCUT2D eigenvalue weighted by atomic mass is 16.5. The van der Waals surface area contributed by atoms with Crippen molar-refractivity contribution >= 4 is 0 Å². The molecule has 0 N–H and O–H groups in total. The molecule has 0 saturated carbocycles. The summed E-state index contributed by atoms with van der Waals surface area (Å²) in [7, 11) is 4.92. The normalized spacial score (nSPS) is 12.5. The molecule has 0 aromatic heterocycles. The monoisotopic (exact) mass is 264 g/mol. The molecule has 3 heteroatoms. The highest BCUT2D eigenvalue weighted by Gasteiger charge is 2.16. The Balaban J connectivity index is 3.04. The summed E-state index contributed by atoms with van der Waals surface area (Å²) in [5, 5.41) is 0. The van der Waals surface area contributed by atoms with Gasteiger partial charge in [0.1, 0.15) is 0 Å². The van der Waals surface area contributed by atoms with Crippen molar-refractivity contribution in [3.05, 3.63) is 29.8 Å². The van der Waals surface area contributed by atoms with E-state index in [0.29, 0.717) is 17.4 Å². The van der Waals surface area contributed by atoms with Crippen LogP contribution in [0.25, 0.3) is 0 Å². The van der Waals surface area contributed by atoms with E-state index in [1.807, 2.05) is 12.1 Å². The molecule has 3 nitrogen and oxygen atoms in total. The van der Waals surface area contributed by atoms with E-state index in [9.17, 15) is 0 Å². The molecule has 0 aliphatic carbocycles. The van der Waals surface area contributed by atoms with Crippen molar-refractivity contribution in [3.63, 3.8) is 0 Å². The summed E-state index contributed by atoms with van der Waals surface area (Å²) in [5.74, 6) is 2.58. The Morgan fingerprint density at radius 1 is 1.05 bits per heavy atom. The molecular weight excluding hydrogens is 240 g/mol. The van der Waals surface area contributed by atoms with Crippen molar-refractivity contribution in [2.24, 2.45) is 5.92 Å². The van der Waals surface area contributed by atoms with Gasteiger partial charge in [0.25, 0.3) is 0 Å². The van der Waals surface area contributed by atoms with Crippen LogP contribution in [0, 0.1) is 5.92 Å². The minimum absolute atomic E-state index is 0.465. The van der Waals surface area contributed by atoms with Crippen LogP contribution < -0.4 is 14.2 Å². The average molecular weight is 264 g/mol. The molecule has 1 rings (SSSR count). The van der Waals surface area contributed by atoms with Gasteiger partial charge in [-0.3, -0.25) is 0 Å². The zero-order chi connectivity index (χ0) is 14.3. The molecular formula is C16H24O3. The third-order valence-corrected chi connectivity index (χ3v) is 3.03. The summed E-state index contributed by atoms with van der Waals surface area (Å²) >= 11 is 0. The first-order chi connectivity index (χ1) is 9.17. The van der Waals surface area contributed by atoms with Gasteiger partial charge in [-0.05, 0) is 30.4 Å². The quantitative estimate of drug-likeness (QED) is 0.700. The third-order valence-electron chi connectivity index (χ3n) is 3.03. The van der Waals surface area contributed by atoms with E-state index in [0.717, 1.165) is 24.2 Å². The highest BCUT2D eigenvalue weighted by molar-refractivity contribution is 5.55. The number of benzene rings is 1. The van der Waals surface area contributed by atoms with Gasteiger partial charge in [-0.15, -0.1) is 0 Å². The zero-order valence-corrected chi connectivity index (χ0v) is 12.5. The van der Waals surface area contributed by atoms with Gasteiger partial charge < -0.3 is 14.2 Å². The Morgan fingerprint density at radius 2 is 1.74 bits per heavy atom. The van der Waals surface area contributed by atoms with Crippen molar-refractivity contribution in [3.8, 4) is 17.2 Å². The second-order valence-electron chi connectivity index (χ2n) is 4.51. The Labute approximate surface area is 116 Å². The Bertz CT molecular complexity index is 424. The van der Waals surface area contributed by atoms with Gasteiger partial charge in [-0.1, -0.05) is 32.1 Å². The fourth-order valence-electron chi connectivity index (χ4n) is 2.11. The molecule has 0 saturated heterocycles. The van der Waals surface area contributed by atoms with Crippen molar-refractivity contribution in [2.45, 2.75) is 26.7 Å². The third kappa shape index (κ3) is 3.91. The Morgan fingerprint density at radius 3 is 2.26 bits per heavy atom. The first-order valence-electron chi connectivity index (χ1n) is 6.62. The van der Waals surface area contributed by atoms with E-state index in [4.69, 9.17) is 14.2 Å². The van der Waals surface area contributed by atoms with Crippen LogP contribution in [0.3, 0.4) is 0 Å². The van der Waals surface area contributed by atoms with E-state index in [-0.39, 0.29) is 0 Å². The average Bonchev–Trinajstić information content (AvgIpc) is 2.44. The summed E-state index contributed by atoms with van der Waals surface area (Å²) in [6, 6.07) is 3.96. The summed E-state index contributed by atoms with van der Waals surface area (Å²) in [6.07, 6.45) is 6.40. The standard InChI is InChI=1S/C16H24O3/c1-6-7-8-12(2)11-13-9-10-14(17-3)16(19-5)15(13)18-4/h7-10,12H,6,11H2,1-5H3/b8-7-. The van der Waals surface area contributed by atoms with Crippen LogP contribution in [0.5, 0.6) is 17.2 Å². The van der Waals surface area contributed by atoms with E-state index < -0.39 is 0 Å². The van der Waals surface area contributed by atoms with Gasteiger partial charge in [0.15, 0.2) is 11.5 Å². The number of methoxy groups -OCH3 is 3. The molecule has 0 fully saturated rings. The van der Waals surface area contributed by atoms with E-state index in [1.165, 1.54) is 0 Å². The first-order valence-corrected chi connectivity index (χ1v) is 6.62. The van der Waals surface area contributed by atoms with Gasteiger partial charge >= 0.3 is 0 Å². The van der Waals surface area contributed by atoms with E-state index in [2.05, 4.69) is 26.0 Å². The van der Waals surface area contributed by atoms with Crippen LogP contribution in [0.4, 0.5) is 0 Å². The summed E-state index contributed by atoms with van der Waals surface area (Å²) in [6.45, 7) is 4.34. The number of hydrogen-bond donors (Lipinski definition) is 0. The van der Waals surface area contributed by atoms with Gasteiger partial charge in [0, 0.05) is 0 Å². The summed E-state index contributed by atoms with van der Waals surface area (Å²) in [4.78, 5) is 0. The molecule has 1 aromatic rings. The lowest BCUT2D eigenvalue weighted by Crippen LogP contribution is -2.02. The number of allylic oxidation sites excluding steroid dienone is 2. The lowest BCUT2D eigenvalue weighted by atomic mass is 9.99. The second kappa shape index (κ2) is 7.72. The molecule has 1 aromatic carbocycles. The van der Waals surface area contributed by atoms with E-state index in [1.54, 1.807) is 21.3 Å². The fourth-order valence-corrected chi connectivity index (χ4v) is 2.11. The van der Waals surface area contributed by atoms with Crippen LogP contribution in [-0.2, 0) is 6.42 Å². The molecule has 0 spiro atoms. The smallest absolute Gasteiger partial charge is 0.203 e. The van der Waals surface area contributed by atoms with Crippen LogP contribution in [-0.4, -0.2) is 21.3 Å². The minimum atomic E-state index is 0.465. The van der Waals surface area contributed by atoms with Gasteiger partial charge in [-0.2, -0.15) is 0 Å². The largest absolute Gasteiger partial charge is 0.493 e. The van der Waals surface area contributed by atoms with Crippen LogP contribution in [0.1, 0.15) is 25.8 Å². The molecule has 0 heterocycles. The zero-order valence-electron chi connectivity index (χ0n) is 12.5.